The number of fused-ring (bicyclic) bond motifs is 1. The highest BCUT2D eigenvalue weighted by molar-refractivity contribution is 5.71. The number of hydrogen-bond acceptors (Lipinski definition) is 4. The smallest absolute Gasteiger partial charge is 0.321 e. The largest absolute Gasteiger partial charge is 0.416 e. The first-order valence-electron chi connectivity index (χ1n) is 11.4. The van der Waals surface area contributed by atoms with Crippen molar-refractivity contribution < 1.29 is 13.2 Å². The Kier molecular flexibility index (Phi) is 6.47. The number of aromatic amines is 1. The predicted octanol–water partition coefficient (Wildman–Crippen LogP) is 3.89. The van der Waals surface area contributed by atoms with Crippen LogP contribution in [-0.2, 0) is 32.4 Å². The molecule has 2 heterocycles. The molecule has 0 saturated heterocycles. The summed E-state index contributed by atoms with van der Waals surface area (Å²) in [5.41, 5.74) is -0.747. The van der Waals surface area contributed by atoms with Gasteiger partial charge >= 0.3 is 11.9 Å². The topological polar surface area (TPSA) is 75.9 Å². The van der Waals surface area contributed by atoms with E-state index in [1.807, 2.05) is 18.7 Å². The second-order valence-corrected chi connectivity index (χ2v) is 8.50. The van der Waals surface area contributed by atoms with Crippen molar-refractivity contribution in [2.24, 2.45) is 0 Å². The maximum atomic E-state index is 13.5. The number of aryl methyl sites for hydroxylation is 2. The summed E-state index contributed by atoms with van der Waals surface area (Å²) in [6.07, 6.45) is -0.976. The molecule has 1 fully saturated rings. The Morgan fingerprint density at radius 2 is 1.85 bits per heavy atom. The molecule has 1 aliphatic carbocycles. The standard InChI is InChI=1S/C23H28F3N5O2/c1-3-5-12-31-20-19(21(32)28-22(31)33)30(4-2)18(27-20)14-29(16-10-11-16)13-15-8-6-7-9-17(15)23(24,25)26/h6-9,16H,3-5,10-14H2,1-2H3,(H,28,32,33). The molecule has 2 aromatic heterocycles. The molecular weight excluding hydrogens is 435 g/mol. The van der Waals surface area contributed by atoms with Crippen LogP contribution < -0.4 is 11.2 Å². The molecule has 0 aliphatic heterocycles. The SMILES string of the molecule is CCCCn1c(=O)[nH]c(=O)c2c1nc(CN(Cc1ccccc1C(F)(F)F)C1CC1)n2CC. The molecule has 1 saturated carbocycles. The molecule has 4 rings (SSSR count). The Balaban J connectivity index is 1.74. The highest BCUT2D eigenvalue weighted by Crippen LogP contribution is 2.35. The molecule has 3 aromatic rings. The summed E-state index contributed by atoms with van der Waals surface area (Å²) in [5, 5.41) is 0. The number of halogens is 3. The molecule has 0 radical (unpaired) electrons. The Morgan fingerprint density at radius 3 is 2.48 bits per heavy atom. The number of unbranched alkanes of at least 4 members (excludes halogenated alkanes) is 1. The summed E-state index contributed by atoms with van der Waals surface area (Å²) in [4.78, 5) is 34.1. The van der Waals surface area contributed by atoms with Gasteiger partial charge in [-0.25, -0.2) is 9.78 Å². The molecule has 1 N–H and O–H groups in total. The molecule has 0 spiro atoms. The van der Waals surface area contributed by atoms with Crippen molar-refractivity contribution in [2.45, 2.75) is 77.9 Å². The summed E-state index contributed by atoms with van der Waals surface area (Å²) in [6, 6.07) is 5.79. The van der Waals surface area contributed by atoms with E-state index in [2.05, 4.69) is 9.97 Å². The molecule has 33 heavy (non-hydrogen) atoms. The van der Waals surface area contributed by atoms with Crippen molar-refractivity contribution in [3.8, 4) is 0 Å². The lowest BCUT2D eigenvalue weighted by Crippen LogP contribution is -2.31. The quantitative estimate of drug-likeness (QED) is 0.523. The lowest BCUT2D eigenvalue weighted by atomic mass is 10.1. The normalized spacial score (nSPS) is 14.5. The summed E-state index contributed by atoms with van der Waals surface area (Å²) in [6.45, 7) is 5.21. The van der Waals surface area contributed by atoms with Crippen molar-refractivity contribution in [3.05, 3.63) is 62.1 Å². The number of hydrogen-bond donors (Lipinski definition) is 1. The van der Waals surface area contributed by atoms with Gasteiger partial charge in [0.2, 0.25) is 0 Å². The van der Waals surface area contributed by atoms with Crippen LogP contribution in [0.3, 0.4) is 0 Å². The van der Waals surface area contributed by atoms with E-state index in [1.54, 1.807) is 10.6 Å². The third kappa shape index (κ3) is 4.75. The van der Waals surface area contributed by atoms with Gasteiger partial charge in [-0.1, -0.05) is 31.5 Å². The molecule has 7 nitrogen and oxygen atoms in total. The first kappa shape index (κ1) is 23.3. The Hall–Kier alpha value is -2.88. The summed E-state index contributed by atoms with van der Waals surface area (Å²) >= 11 is 0. The number of nitrogens with one attached hydrogen (secondary N) is 1. The van der Waals surface area contributed by atoms with Crippen molar-refractivity contribution >= 4 is 11.2 Å². The Labute approximate surface area is 188 Å². The first-order chi connectivity index (χ1) is 15.7. The average molecular weight is 464 g/mol. The summed E-state index contributed by atoms with van der Waals surface area (Å²) in [5.74, 6) is 0.574. The highest BCUT2D eigenvalue weighted by Gasteiger charge is 2.36. The van der Waals surface area contributed by atoms with Crippen molar-refractivity contribution in [2.75, 3.05) is 0 Å². The van der Waals surface area contributed by atoms with E-state index in [0.29, 0.717) is 36.6 Å². The second-order valence-electron chi connectivity index (χ2n) is 8.50. The van der Waals surface area contributed by atoms with Gasteiger partial charge in [-0.2, -0.15) is 13.2 Å². The third-order valence-corrected chi connectivity index (χ3v) is 6.12. The number of imidazole rings is 1. The molecule has 0 unspecified atom stereocenters. The fourth-order valence-electron chi connectivity index (χ4n) is 4.29. The van der Waals surface area contributed by atoms with Crippen LogP contribution in [0.4, 0.5) is 13.2 Å². The summed E-state index contributed by atoms with van der Waals surface area (Å²) in [7, 11) is 0. The van der Waals surface area contributed by atoms with Gasteiger partial charge in [-0.15, -0.1) is 0 Å². The average Bonchev–Trinajstić information content (AvgIpc) is 3.54. The number of alkyl halides is 3. The number of nitrogens with zero attached hydrogens (tertiary/aromatic N) is 4. The van der Waals surface area contributed by atoms with Crippen LogP contribution >= 0.6 is 0 Å². The molecule has 1 aliphatic rings. The minimum atomic E-state index is -4.43. The number of H-pyrrole nitrogens is 1. The van der Waals surface area contributed by atoms with E-state index in [1.165, 1.54) is 16.7 Å². The van der Waals surface area contributed by atoms with E-state index in [4.69, 9.17) is 0 Å². The van der Waals surface area contributed by atoms with Crippen molar-refractivity contribution in [1.29, 1.82) is 0 Å². The molecule has 0 amide bonds. The lowest BCUT2D eigenvalue weighted by molar-refractivity contribution is -0.138. The minimum Gasteiger partial charge on any atom is -0.321 e. The lowest BCUT2D eigenvalue weighted by Gasteiger charge is -2.24. The van der Waals surface area contributed by atoms with Gasteiger partial charge in [-0.3, -0.25) is 19.2 Å². The van der Waals surface area contributed by atoms with Crippen LogP contribution in [-0.4, -0.2) is 30.0 Å². The van der Waals surface area contributed by atoms with Crippen molar-refractivity contribution in [1.82, 2.24) is 24.0 Å². The number of aromatic nitrogens is 4. The molecule has 10 heteroatoms. The van der Waals surface area contributed by atoms with Crippen molar-refractivity contribution in [3.63, 3.8) is 0 Å². The number of rotatable bonds is 9. The van der Waals surface area contributed by atoms with Crippen LogP contribution in [0.15, 0.2) is 33.9 Å². The third-order valence-electron chi connectivity index (χ3n) is 6.12. The monoisotopic (exact) mass is 463 g/mol. The zero-order valence-corrected chi connectivity index (χ0v) is 18.8. The van der Waals surface area contributed by atoms with E-state index >= 15 is 0 Å². The van der Waals surface area contributed by atoms with Gasteiger partial charge in [0.1, 0.15) is 5.82 Å². The zero-order chi connectivity index (χ0) is 23.8. The molecule has 0 bridgehead atoms. The zero-order valence-electron chi connectivity index (χ0n) is 18.8. The van der Waals surface area contributed by atoms with Gasteiger partial charge in [0.15, 0.2) is 11.2 Å². The second kappa shape index (κ2) is 9.17. The van der Waals surface area contributed by atoms with Gasteiger partial charge < -0.3 is 4.57 Å². The maximum Gasteiger partial charge on any atom is 0.416 e. The number of benzene rings is 1. The van der Waals surface area contributed by atoms with Crippen LogP contribution in [0.5, 0.6) is 0 Å². The maximum absolute atomic E-state index is 13.5. The molecule has 0 atom stereocenters. The van der Waals surface area contributed by atoms with Gasteiger partial charge in [0.25, 0.3) is 5.56 Å². The molecule has 178 valence electrons. The Morgan fingerprint density at radius 1 is 1.12 bits per heavy atom. The van der Waals surface area contributed by atoms with Crippen LogP contribution in [0.2, 0.25) is 0 Å². The first-order valence-corrected chi connectivity index (χ1v) is 11.4. The summed E-state index contributed by atoms with van der Waals surface area (Å²) < 4.78 is 43.8. The predicted molar refractivity (Wildman–Crippen MR) is 119 cm³/mol. The fourth-order valence-corrected chi connectivity index (χ4v) is 4.29. The van der Waals surface area contributed by atoms with Gasteiger partial charge in [0, 0.05) is 25.7 Å². The van der Waals surface area contributed by atoms with Crippen LogP contribution in [0, 0.1) is 0 Å². The minimum absolute atomic E-state index is 0.131. The molecular formula is C23H28F3N5O2. The van der Waals surface area contributed by atoms with E-state index < -0.39 is 23.0 Å². The fraction of sp³-hybridized carbons (Fsp3) is 0.522. The van der Waals surface area contributed by atoms with Gasteiger partial charge in [-0.05, 0) is 37.8 Å². The van der Waals surface area contributed by atoms with E-state index in [-0.39, 0.29) is 18.2 Å². The highest BCUT2D eigenvalue weighted by atomic mass is 19.4. The van der Waals surface area contributed by atoms with Gasteiger partial charge in [0.05, 0.1) is 12.1 Å². The van der Waals surface area contributed by atoms with Crippen LogP contribution in [0.25, 0.3) is 11.2 Å². The van der Waals surface area contributed by atoms with E-state index in [9.17, 15) is 22.8 Å². The van der Waals surface area contributed by atoms with Crippen LogP contribution in [0.1, 0.15) is 56.5 Å². The van der Waals surface area contributed by atoms with E-state index in [0.717, 1.165) is 31.7 Å². The molecule has 1 aromatic carbocycles. The Bertz CT molecular complexity index is 1250.